The molecule has 0 atom stereocenters. The third-order valence-electron chi connectivity index (χ3n) is 5.75. The summed E-state index contributed by atoms with van der Waals surface area (Å²) in [6, 6.07) is 21.0. The number of aliphatic imine (C=N–C) groups is 1. The molecule has 184 valence electrons. The Kier molecular flexibility index (Phi) is 6.57. The number of carbonyl (C=O) groups is 1. The summed E-state index contributed by atoms with van der Waals surface area (Å²) in [6.07, 6.45) is 1.59. The summed E-state index contributed by atoms with van der Waals surface area (Å²) in [5.41, 5.74) is 2.86. The molecule has 2 aliphatic rings. The van der Waals surface area contributed by atoms with Crippen LogP contribution in [0.2, 0.25) is 0 Å². The first kappa shape index (κ1) is 24.0. The third kappa shape index (κ3) is 4.74. The number of nitrogens with one attached hydrogen (secondary N) is 1. The lowest BCUT2D eigenvalue weighted by atomic mass is 10.1. The van der Waals surface area contributed by atoms with Crippen molar-refractivity contribution in [2.75, 3.05) is 7.11 Å². The van der Waals surface area contributed by atoms with Crippen molar-refractivity contribution >= 4 is 46.1 Å². The van der Waals surface area contributed by atoms with E-state index in [0.717, 1.165) is 11.3 Å². The number of hydrogen-bond acceptors (Lipinski definition) is 7. The smallest absolute Gasteiger partial charge is 0.283 e. The maximum atomic E-state index is 12.8. The molecule has 0 spiro atoms. The maximum absolute atomic E-state index is 12.8. The van der Waals surface area contributed by atoms with E-state index in [4.69, 9.17) is 14.9 Å². The number of nitrogens with zero attached hydrogens (tertiary/aromatic N) is 3. The molecule has 0 aromatic heterocycles. The molecule has 2 aliphatic heterocycles. The van der Waals surface area contributed by atoms with Gasteiger partial charge in [-0.3, -0.25) is 25.2 Å². The number of ether oxygens (including phenoxy) is 2. The van der Waals surface area contributed by atoms with Gasteiger partial charge < -0.3 is 9.47 Å². The van der Waals surface area contributed by atoms with Crippen molar-refractivity contribution in [1.29, 1.82) is 5.41 Å². The fourth-order valence-corrected chi connectivity index (χ4v) is 4.83. The van der Waals surface area contributed by atoms with E-state index in [1.807, 2.05) is 35.7 Å². The Morgan fingerprint density at radius 1 is 1.08 bits per heavy atom. The first-order valence-electron chi connectivity index (χ1n) is 11.2. The van der Waals surface area contributed by atoms with Crippen LogP contribution in [-0.4, -0.2) is 33.8 Å². The number of rotatable bonds is 7. The zero-order valence-corrected chi connectivity index (χ0v) is 20.4. The van der Waals surface area contributed by atoms with Crippen LogP contribution in [-0.2, 0) is 11.4 Å². The molecule has 1 N–H and O–H groups in total. The van der Waals surface area contributed by atoms with Crippen LogP contribution in [0.1, 0.15) is 16.7 Å². The minimum Gasteiger partial charge on any atom is -0.493 e. The highest BCUT2D eigenvalue weighted by atomic mass is 32.2. The molecule has 1 amide bonds. The van der Waals surface area contributed by atoms with E-state index < -0.39 is 10.8 Å². The zero-order valence-electron chi connectivity index (χ0n) is 19.6. The van der Waals surface area contributed by atoms with E-state index in [2.05, 4.69) is 4.99 Å². The number of thioether (sulfide) groups is 1. The van der Waals surface area contributed by atoms with E-state index in [9.17, 15) is 14.9 Å². The average Bonchev–Trinajstić information content (AvgIpc) is 3.34. The number of nitro groups is 1. The molecular weight excluding hydrogens is 492 g/mol. The molecule has 0 bridgehead atoms. The van der Waals surface area contributed by atoms with Gasteiger partial charge in [-0.25, -0.2) is 0 Å². The lowest BCUT2D eigenvalue weighted by Crippen LogP contribution is -2.38. The second-order valence-electron chi connectivity index (χ2n) is 8.01. The molecule has 0 radical (unpaired) electrons. The van der Waals surface area contributed by atoms with Crippen LogP contribution in [0.4, 0.5) is 5.69 Å². The summed E-state index contributed by atoms with van der Waals surface area (Å²) in [6.45, 7) is -0.0181. The minimum absolute atomic E-state index is 0.0181. The number of methoxy groups -OCH3 is 1. The summed E-state index contributed by atoms with van der Waals surface area (Å²) in [4.78, 5) is 29.5. The molecule has 37 heavy (non-hydrogen) atoms. The Labute approximate surface area is 216 Å². The van der Waals surface area contributed by atoms with Crippen molar-refractivity contribution in [3.05, 3.63) is 111 Å². The van der Waals surface area contributed by atoms with E-state index in [1.165, 1.54) is 24.9 Å². The van der Waals surface area contributed by atoms with Crippen molar-refractivity contribution in [3.8, 4) is 11.5 Å². The fourth-order valence-electron chi connectivity index (χ4n) is 3.94. The molecule has 5 rings (SSSR count). The molecule has 0 unspecified atom stereocenters. The predicted octanol–water partition coefficient (Wildman–Crippen LogP) is 5.49. The minimum atomic E-state index is -0.498. The summed E-state index contributed by atoms with van der Waals surface area (Å²) in [5.74, 6) is 0.305. The molecule has 0 aliphatic carbocycles. The second kappa shape index (κ2) is 10.1. The topological polar surface area (TPSA) is 118 Å². The number of amidine groups is 2. The van der Waals surface area contributed by atoms with Crippen LogP contribution in [0.15, 0.2) is 88.8 Å². The van der Waals surface area contributed by atoms with Crippen LogP contribution in [0.25, 0.3) is 11.8 Å². The first-order valence-corrected chi connectivity index (χ1v) is 12.0. The number of hydrogen-bond donors (Lipinski definition) is 1. The van der Waals surface area contributed by atoms with E-state index >= 15 is 0 Å². The third-order valence-corrected chi connectivity index (χ3v) is 6.58. The van der Waals surface area contributed by atoms with Crippen LogP contribution >= 0.6 is 11.8 Å². The quantitative estimate of drug-likeness (QED) is 0.253. The molecule has 2 heterocycles. The molecule has 9 nitrogen and oxygen atoms in total. The summed E-state index contributed by atoms with van der Waals surface area (Å²) in [7, 11) is 1.48. The first-order chi connectivity index (χ1) is 18.0. The molecule has 3 aromatic rings. The van der Waals surface area contributed by atoms with Gasteiger partial charge >= 0.3 is 0 Å². The van der Waals surface area contributed by atoms with Crippen LogP contribution < -0.4 is 9.47 Å². The summed E-state index contributed by atoms with van der Waals surface area (Å²) >= 11 is 1.31. The van der Waals surface area contributed by atoms with Crippen LogP contribution in [0, 0.1) is 15.5 Å². The van der Waals surface area contributed by atoms with Crippen molar-refractivity contribution in [1.82, 2.24) is 4.90 Å². The highest BCUT2D eigenvalue weighted by molar-refractivity contribution is 8.17. The van der Waals surface area contributed by atoms with Gasteiger partial charge in [-0.05, 0) is 35.4 Å². The van der Waals surface area contributed by atoms with Crippen molar-refractivity contribution < 1.29 is 19.2 Å². The Morgan fingerprint density at radius 2 is 1.84 bits per heavy atom. The Bertz CT molecular complexity index is 1510. The van der Waals surface area contributed by atoms with E-state index in [-0.39, 0.29) is 23.7 Å². The standard InChI is InChI=1S/C27H20N4O5S/c1-35-24-14-17(11-12-23(24)36-15-19-9-5-6-10-21(19)31(33)34)13-20-25(28)30-22(18-7-3-2-4-8-18)16-37-27(30)29-26(20)32/h2-14,16,28H,15H2,1H3/b20-13-,28-25?. The number of para-hydroxylation sites is 1. The van der Waals surface area contributed by atoms with Gasteiger partial charge in [-0.15, -0.1) is 0 Å². The van der Waals surface area contributed by atoms with Gasteiger partial charge in [0, 0.05) is 11.5 Å². The van der Waals surface area contributed by atoms with Gasteiger partial charge in [0.15, 0.2) is 16.7 Å². The normalized spacial score (nSPS) is 15.8. The van der Waals surface area contributed by atoms with Crippen molar-refractivity contribution in [2.24, 2.45) is 4.99 Å². The number of nitro benzene ring substituents is 1. The van der Waals surface area contributed by atoms with Crippen molar-refractivity contribution in [3.63, 3.8) is 0 Å². The molecule has 10 heteroatoms. The van der Waals surface area contributed by atoms with E-state index in [1.54, 1.807) is 47.4 Å². The number of amides is 1. The van der Waals surface area contributed by atoms with Gasteiger partial charge in [0.2, 0.25) is 0 Å². The van der Waals surface area contributed by atoms with Gasteiger partial charge in [0.05, 0.1) is 28.9 Å². The van der Waals surface area contributed by atoms with Crippen LogP contribution in [0.3, 0.4) is 0 Å². The summed E-state index contributed by atoms with van der Waals surface area (Å²) < 4.78 is 11.3. The molecule has 0 saturated heterocycles. The Balaban J connectivity index is 1.40. The van der Waals surface area contributed by atoms with E-state index in [0.29, 0.717) is 27.8 Å². The second-order valence-corrected chi connectivity index (χ2v) is 8.85. The fraction of sp³-hybridized carbons (Fsp3) is 0.0741. The highest BCUT2D eigenvalue weighted by Gasteiger charge is 2.36. The van der Waals surface area contributed by atoms with Gasteiger partial charge in [-0.2, -0.15) is 4.99 Å². The maximum Gasteiger partial charge on any atom is 0.283 e. The van der Waals surface area contributed by atoms with Crippen LogP contribution in [0.5, 0.6) is 11.5 Å². The zero-order chi connectivity index (χ0) is 25.9. The van der Waals surface area contributed by atoms with Gasteiger partial charge in [0.25, 0.3) is 11.6 Å². The monoisotopic (exact) mass is 512 g/mol. The average molecular weight is 513 g/mol. The van der Waals surface area contributed by atoms with Gasteiger partial charge in [-0.1, -0.05) is 60.3 Å². The summed E-state index contributed by atoms with van der Waals surface area (Å²) in [5, 5.41) is 22.4. The Morgan fingerprint density at radius 3 is 2.59 bits per heavy atom. The lowest BCUT2D eigenvalue weighted by Gasteiger charge is -2.27. The van der Waals surface area contributed by atoms with Crippen molar-refractivity contribution in [2.45, 2.75) is 6.61 Å². The lowest BCUT2D eigenvalue weighted by molar-refractivity contribution is -0.385. The number of carbonyl (C=O) groups excluding carboxylic acids is 1. The molecular formula is C27H20N4O5S. The number of benzene rings is 3. The Hall–Kier alpha value is -4.70. The largest absolute Gasteiger partial charge is 0.493 e. The highest BCUT2D eigenvalue weighted by Crippen LogP contribution is 2.38. The predicted molar refractivity (Wildman–Crippen MR) is 142 cm³/mol. The molecule has 0 saturated carbocycles. The van der Waals surface area contributed by atoms with Gasteiger partial charge in [0.1, 0.15) is 12.4 Å². The SMILES string of the molecule is COc1cc(/C=C2/C(=N)N3C(c4ccccc4)=CSC3=NC2=O)ccc1OCc1ccccc1[N+](=O)[O-]. The molecule has 3 aromatic carbocycles. The number of fused-ring (bicyclic) bond motifs is 1. The molecule has 0 fully saturated rings.